The molecule has 0 aromatic heterocycles. The van der Waals surface area contributed by atoms with Gasteiger partial charge in [0.05, 0.1) is 0 Å². The first-order chi connectivity index (χ1) is 6.85. The molecule has 14 heavy (non-hydrogen) atoms. The van der Waals surface area contributed by atoms with Gasteiger partial charge < -0.3 is 10.6 Å². The van der Waals surface area contributed by atoms with Crippen LogP contribution < -0.4 is 10.6 Å². The van der Waals surface area contributed by atoms with Crippen LogP contribution in [0.1, 0.15) is 45.4 Å². The second-order valence-corrected chi connectivity index (χ2v) is 5.10. The summed E-state index contributed by atoms with van der Waals surface area (Å²) in [6, 6.07) is 0.827. The van der Waals surface area contributed by atoms with Crippen LogP contribution in [-0.2, 0) is 0 Å². The molecule has 2 aliphatic rings. The summed E-state index contributed by atoms with van der Waals surface area (Å²) in [5, 5.41) is 7.12. The second-order valence-electron chi connectivity index (χ2n) is 5.10. The maximum absolute atomic E-state index is 3.64. The van der Waals surface area contributed by atoms with Crippen molar-refractivity contribution in [2.45, 2.75) is 51.5 Å². The van der Waals surface area contributed by atoms with Crippen molar-refractivity contribution in [3.05, 3.63) is 0 Å². The fourth-order valence-corrected chi connectivity index (χ4v) is 3.11. The van der Waals surface area contributed by atoms with E-state index in [0.29, 0.717) is 5.41 Å². The van der Waals surface area contributed by atoms with Crippen LogP contribution in [-0.4, -0.2) is 25.7 Å². The first kappa shape index (κ1) is 10.4. The van der Waals surface area contributed by atoms with Gasteiger partial charge in [-0.15, -0.1) is 0 Å². The Morgan fingerprint density at radius 1 is 1.21 bits per heavy atom. The van der Waals surface area contributed by atoms with Gasteiger partial charge in [-0.1, -0.05) is 13.3 Å². The second kappa shape index (κ2) is 4.63. The van der Waals surface area contributed by atoms with E-state index in [1.807, 2.05) is 0 Å². The fraction of sp³-hybridized carbons (Fsp3) is 1.00. The van der Waals surface area contributed by atoms with E-state index in [2.05, 4.69) is 17.6 Å². The summed E-state index contributed by atoms with van der Waals surface area (Å²) in [6.07, 6.45) is 8.37. The average Bonchev–Trinajstić information content (AvgIpc) is 2.72. The Hall–Kier alpha value is -0.0800. The third kappa shape index (κ3) is 2.29. The molecule has 2 heterocycles. The van der Waals surface area contributed by atoms with E-state index < -0.39 is 0 Å². The van der Waals surface area contributed by atoms with Crippen molar-refractivity contribution in [1.29, 1.82) is 0 Å². The summed E-state index contributed by atoms with van der Waals surface area (Å²) < 4.78 is 0. The van der Waals surface area contributed by atoms with Gasteiger partial charge in [-0.05, 0) is 57.2 Å². The van der Waals surface area contributed by atoms with Gasteiger partial charge in [0.25, 0.3) is 0 Å². The zero-order valence-electron chi connectivity index (χ0n) is 9.44. The highest BCUT2D eigenvalue weighted by Crippen LogP contribution is 2.38. The monoisotopic (exact) mass is 196 g/mol. The minimum absolute atomic E-state index is 0.660. The minimum atomic E-state index is 0.660. The summed E-state index contributed by atoms with van der Waals surface area (Å²) in [5.41, 5.74) is 0.660. The van der Waals surface area contributed by atoms with Crippen molar-refractivity contribution >= 4 is 0 Å². The molecule has 1 atom stereocenters. The van der Waals surface area contributed by atoms with Crippen molar-refractivity contribution in [2.75, 3.05) is 19.6 Å². The fourth-order valence-electron chi connectivity index (χ4n) is 3.11. The summed E-state index contributed by atoms with van der Waals surface area (Å²) in [7, 11) is 0. The number of hydrogen-bond acceptors (Lipinski definition) is 2. The molecule has 2 rings (SSSR count). The third-order valence-electron chi connectivity index (χ3n) is 4.26. The lowest BCUT2D eigenvalue weighted by molar-refractivity contribution is 0.158. The zero-order chi connectivity index (χ0) is 9.86. The SMILES string of the molecule is CCC1(CC2CCCN2)CCNCC1. The highest BCUT2D eigenvalue weighted by molar-refractivity contribution is 4.89. The normalized spacial score (nSPS) is 31.9. The summed E-state index contributed by atoms with van der Waals surface area (Å²) in [5.74, 6) is 0. The lowest BCUT2D eigenvalue weighted by Gasteiger charge is -2.39. The summed E-state index contributed by atoms with van der Waals surface area (Å²) >= 11 is 0. The first-order valence-electron chi connectivity index (χ1n) is 6.29. The maximum Gasteiger partial charge on any atom is 0.00728 e. The number of nitrogens with one attached hydrogen (secondary N) is 2. The molecular weight excluding hydrogens is 172 g/mol. The first-order valence-corrected chi connectivity index (χ1v) is 6.29. The molecule has 2 aliphatic heterocycles. The van der Waals surface area contributed by atoms with Gasteiger partial charge in [-0.2, -0.15) is 0 Å². The van der Waals surface area contributed by atoms with Crippen LogP contribution >= 0.6 is 0 Å². The van der Waals surface area contributed by atoms with Crippen molar-refractivity contribution in [3.8, 4) is 0 Å². The van der Waals surface area contributed by atoms with Gasteiger partial charge in [-0.25, -0.2) is 0 Å². The van der Waals surface area contributed by atoms with Crippen molar-refractivity contribution in [3.63, 3.8) is 0 Å². The van der Waals surface area contributed by atoms with Crippen LogP contribution in [0.2, 0.25) is 0 Å². The average molecular weight is 196 g/mol. The van der Waals surface area contributed by atoms with E-state index in [1.165, 1.54) is 58.2 Å². The van der Waals surface area contributed by atoms with Gasteiger partial charge in [0.15, 0.2) is 0 Å². The predicted octanol–water partition coefficient (Wildman–Crippen LogP) is 1.91. The number of piperidine rings is 1. The third-order valence-corrected chi connectivity index (χ3v) is 4.26. The molecule has 0 amide bonds. The highest BCUT2D eigenvalue weighted by Gasteiger charge is 2.33. The molecule has 2 saturated heterocycles. The van der Waals surface area contributed by atoms with Gasteiger partial charge in [0.1, 0.15) is 0 Å². The number of rotatable bonds is 3. The van der Waals surface area contributed by atoms with Crippen molar-refractivity contribution < 1.29 is 0 Å². The molecule has 0 aromatic carbocycles. The maximum atomic E-state index is 3.64. The summed E-state index contributed by atoms with van der Waals surface area (Å²) in [6.45, 7) is 6.10. The Morgan fingerprint density at radius 2 is 2.00 bits per heavy atom. The quantitative estimate of drug-likeness (QED) is 0.720. The van der Waals surface area contributed by atoms with Crippen LogP contribution in [0.3, 0.4) is 0 Å². The van der Waals surface area contributed by atoms with Crippen LogP contribution in [0, 0.1) is 5.41 Å². The van der Waals surface area contributed by atoms with Crippen molar-refractivity contribution in [2.24, 2.45) is 5.41 Å². The molecule has 1 unspecified atom stereocenters. The molecule has 0 aromatic rings. The molecule has 0 saturated carbocycles. The molecule has 0 aliphatic carbocycles. The predicted molar refractivity (Wildman–Crippen MR) is 60.5 cm³/mol. The largest absolute Gasteiger partial charge is 0.317 e. The van der Waals surface area contributed by atoms with Gasteiger partial charge in [0, 0.05) is 6.04 Å². The number of hydrogen-bond donors (Lipinski definition) is 2. The molecule has 0 bridgehead atoms. The Morgan fingerprint density at radius 3 is 2.57 bits per heavy atom. The molecule has 2 N–H and O–H groups in total. The molecule has 2 heteroatoms. The summed E-state index contributed by atoms with van der Waals surface area (Å²) in [4.78, 5) is 0. The molecule has 82 valence electrons. The van der Waals surface area contributed by atoms with E-state index >= 15 is 0 Å². The van der Waals surface area contributed by atoms with Crippen LogP contribution in [0.4, 0.5) is 0 Å². The van der Waals surface area contributed by atoms with Gasteiger partial charge in [-0.3, -0.25) is 0 Å². The molecule has 0 spiro atoms. The van der Waals surface area contributed by atoms with E-state index in [9.17, 15) is 0 Å². The van der Waals surface area contributed by atoms with Crippen LogP contribution in [0.15, 0.2) is 0 Å². The minimum Gasteiger partial charge on any atom is -0.317 e. The van der Waals surface area contributed by atoms with E-state index in [1.54, 1.807) is 0 Å². The molecule has 2 nitrogen and oxygen atoms in total. The molecule has 0 radical (unpaired) electrons. The lowest BCUT2D eigenvalue weighted by Crippen LogP contribution is -2.40. The van der Waals surface area contributed by atoms with Gasteiger partial charge >= 0.3 is 0 Å². The lowest BCUT2D eigenvalue weighted by atomic mass is 9.72. The standard InChI is InChI=1S/C12H24N2/c1-2-12(5-8-13-9-6-12)10-11-4-3-7-14-11/h11,13-14H,2-10H2,1H3. The van der Waals surface area contributed by atoms with E-state index in [0.717, 1.165) is 6.04 Å². The molecular formula is C12H24N2. The molecule has 2 fully saturated rings. The Bertz CT molecular complexity index is 167. The van der Waals surface area contributed by atoms with E-state index in [-0.39, 0.29) is 0 Å². The zero-order valence-corrected chi connectivity index (χ0v) is 9.44. The smallest absolute Gasteiger partial charge is 0.00728 e. The van der Waals surface area contributed by atoms with Gasteiger partial charge in [0.2, 0.25) is 0 Å². The van der Waals surface area contributed by atoms with Crippen molar-refractivity contribution in [1.82, 2.24) is 10.6 Å². The van der Waals surface area contributed by atoms with E-state index in [4.69, 9.17) is 0 Å². The van der Waals surface area contributed by atoms with Crippen LogP contribution in [0.5, 0.6) is 0 Å². The topological polar surface area (TPSA) is 24.1 Å². The van der Waals surface area contributed by atoms with Crippen LogP contribution in [0.25, 0.3) is 0 Å². The highest BCUT2D eigenvalue weighted by atomic mass is 14.9. The Labute approximate surface area is 87.8 Å². The Balaban J connectivity index is 1.89. The Kier molecular flexibility index (Phi) is 3.45.